The topological polar surface area (TPSA) is 78.4 Å². The quantitative estimate of drug-likeness (QED) is 0.742. The van der Waals surface area contributed by atoms with Crippen molar-refractivity contribution in [3.05, 3.63) is 34.3 Å². The molecule has 0 aliphatic rings. The Morgan fingerprint density at radius 3 is 2.53 bits per heavy atom. The summed E-state index contributed by atoms with van der Waals surface area (Å²) in [5.41, 5.74) is 1.04. The molecule has 3 N–H and O–H groups in total. The Morgan fingerprint density at radius 1 is 1.37 bits per heavy atom. The number of hydrogen-bond acceptors (Lipinski definition) is 3. The van der Waals surface area contributed by atoms with E-state index in [2.05, 4.69) is 26.6 Å². The second-order valence-electron chi connectivity index (χ2n) is 4.24. The van der Waals surface area contributed by atoms with E-state index in [1.54, 1.807) is 0 Å². The summed E-state index contributed by atoms with van der Waals surface area (Å²) < 4.78 is 0.960. The first-order valence-corrected chi connectivity index (χ1v) is 6.69. The largest absolute Gasteiger partial charge is 0.480 e. The van der Waals surface area contributed by atoms with Crippen molar-refractivity contribution >= 4 is 27.8 Å². The van der Waals surface area contributed by atoms with Gasteiger partial charge in [-0.15, -0.1) is 0 Å². The van der Waals surface area contributed by atoms with E-state index in [0.717, 1.165) is 10.0 Å². The number of carboxylic acid groups (broad SMARTS) is 1. The van der Waals surface area contributed by atoms with Crippen molar-refractivity contribution < 1.29 is 14.7 Å². The first-order chi connectivity index (χ1) is 8.91. The molecule has 0 aliphatic carbocycles. The van der Waals surface area contributed by atoms with E-state index < -0.39 is 12.0 Å². The predicted molar refractivity (Wildman–Crippen MR) is 75.8 cm³/mol. The van der Waals surface area contributed by atoms with Crippen LogP contribution in [0, 0.1) is 0 Å². The molecule has 6 heteroatoms. The second kappa shape index (κ2) is 7.25. The number of nitrogens with one attached hydrogen (secondary N) is 2. The Kier molecular flexibility index (Phi) is 5.98. The minimum absolute atomic E-state index is 0.0221. The van der Waals surface area contributed by atoms with Crippen LogP contribution in [0.5, 0.6) is 0 Å². The first kappa shape index (κ1) is 15.7. The molecule has 2 atom stereocenters. The van der Waals surface area contributed by atoms with Gasteiger partial charge in [-0.25, -0.2) is 4.79 Å². The van der Waals surface area contributed by atoms with Gasteiger partial charge in [0.1, 0.15) is 6.04 Å². The summed E-state index contributed by atoms with van der Waals surface area (Å²) in [6.45, 7) is 3.40. The lowest BCUT2D eigenvalue weighted by Gasteiger charge is -2.19. The van der Waals surface area contributed by atoms with Gasteiger partial charge < -0.3 is 15.7 Å². The highest BCUT2D eigenvalue weighted by Crippen LogP contribution is 2.22. The molecular formula is C13H17BrN2O3. The fourth-order valence-corrected chi connectivity index (χ4v) is 2.30. The maximum Gasteiger partial charge on any atom is 0.327 e. The van der Waals surface area contributed by atoms with Crippen molar-refractivity contribution in [1.82, 2.24) is 10.6 Å². The van der Waals surface area contributed by atoms with E-state index in [1.807, 2.05) is 31.2 Å². The van der Waals surface area contributed by atoms with Gasteiger partial charge in [-0.2, -0.15) is 0 Å². The van der Waals surface area contributed by atoms with E-state index >= 15 is 0 Å². The van der Waals surface area contributed by atoms with Crippen LogP contribution in [0.1, 0.15) is 25.5 Å². The molecule has 5 nitrogen and oxygen atoms in total. The molecule has 1 aromatic carbocycles. The van der Waals surface area contributed by atoms with Crippen molar-refractivity contribution in [1.29, 1.82) is 0 Å². The fraction of sp³-hybridized carbons (Fsp3) is 0.385. The summed E-state index contributed by atoms with van der Waals surface area (Å²) in [6.07, 6.45) is 0. The van der Waals surface area contributed by atoms with E-state index in [-0.39, 0.29) is 18.5 Å². The monoisotopic (exact) mass is 328 g/mol. The zero-order valence-electron chi connectivity index (χ0n) is 10.8. The molecule has 0 bridgehead atoms. The summed E-state index contributed by atoms with van der Waals surface area (Å²) in [5, 5.41) is 14.5. The molecule has 1 rings (SSSR count). The van der Waals surface area contributed by atoms with Gasteiger partial charge in [-0.3, -0.25) is 4.79 Å². The van der Waals surface area contributed by atoms with Crippen molar-refractivity contribution in [3.63, 3.8) is 0 Å². The summed E-state index contributed by atoms with van der Waals surface area (Å²) in [5.74, 6) is -1.41. The fourth-order valence-electron chi connectivity index (χ4n) is 1.68. The average molecular weight is 329 g/mol. The Hall–Kier alpha value is -1.40. The lowest BCUT2D eigenvalue weighted by molar-refractivity contribution is -0.141. The van der Waals surface area contributed by atoms with Gasteiger partial charge in [0.05, 0.1) is 0 Å². The summed E-state index contributed by atoms with van der Waals surface area (Å²) in [7, 11) is 0. The van der Waals surface area contributed by atoms with Crippen LogP contribution < -0.4 is 10.6 Å². The van der Waals surface area contributed by atoms with Gasteiger partial charge >= 0.3 is 5.97 Å². The highest BCUT2D eigenvalue weighted by molar-refractivity contribution is 9.10. The van der Waals surface area contributed by atoms with Gasteiger partial charge in [0, 0.05) is 24.0 Å². The molecule has 0 saturated heterocycles. The molecule has 19 heavy (non-hydrogen) atoms. The van der Waals surface area contributed by atoms with Gasteiger partial charge in [-0.05, 0) is 18.6 Å². The molecule has 1 unspecified atom stereocenters. The first-order valence-electron chi connectivity index (χ1n) is 5.89. The summed E-state index contributed by atoms with van der Waals surface area (Å²) in [4.78, 5) is 21.9. The van der Waals surface area contributed by atoms with Gasteiger partial charge in [0.25, 0.3) is 0 Å². The number of rotatable bonds is 6. The van der Waals surface area contributed by atoms with Crippen LogP contribution in [0.3, 0.4) is 0 Å². The Morgan fingerprint density at radius 2 is 2.00 bits per heavy atom. The number of carboxylic acids is 1. The average Bonchev–Trinajstić information content (AvgIpc) is 2.34. The molecule has 104 valence electrons. The lowest BCUT2D eigenvalue weighted by Crippen LogP contribution is -2.46. The summed E-state index contributed by atoms with van der Waals surface area (Å²) >= 11 is 3.45. The van der Waals surface area contributed by atoms with Crippen molar-refractivity contribution in [2.75, 3.05) is 6.54 Å². The van der Waals surface area contributed by atoms with Crippen LogP contribution in [0.25, 0.3) is 0 Å². The van der Waals surface area contributed by atoms with Gasteiger partial charge in [0.15, 0.2) is 0 Å². The standard InChI is InChI=1S/C13H17BrN2O3/c1-8(10-5-3-4-6-11(10)14)15-7-12(13(18)19)16-9(2)17/h3-6,8,12,15H,7H2,1-2H3,(H,16,17)(H,18,19)/t8-,12?/m1/s1. The molecular weight excluding hydrogens is 312 g/mol. The van der Waals surface area contributed by atoms with E-state index in [0.29, 0.717) is 0 Å². The van der Waals surface area contributed by atoms with Crippen LogP contribution in [-0.4, -0.2) is 29.6 Å². The normalized spacial score (nSPS) is 13.6. The van der Waals surface area contributed by atoms with Gasteiger partial charge in [-0.1, -0.05) is 34.1 Å². The van der Waals surface area contributed by atoms with E-state index in [4.69, 9.17) is 5.11 Å². The SMILES string of the molecule is CC(=O)NC(CN[C@H](C)c1ccccc1Br)C(=O)O. The maximum absolute atomic E-state index is 11.0. The van der Waals surface area contributed by atoms with Crippen LogP contribution in [0.15, 0.2) is 28.7 Å². The molecule has 0 radical (unpaired) electrons. The molecule has 0 heterocycles. The van der Waals surface area contributed by atoms with Crippen LogP contribution >= 0.6 is 15.9 Å². The number of amides is 1. The molecule has 0 aromatic heterocycles. The number of benzene rings is 1. The zero-order chi connectivity index (χ0) is 14.4. The molecule has 0 fully saturated rings. The van der Waals surface area contributed by atoms with Crippen molar-refractivity contribution in [2.45, 2.75) is 25.9 Å². The number of carbonyl (C=O) groups is 2. The third kappa shape index (κ3) is 5.00. The Balaban J connectivity index is 2.62. The third-order valence-corrected chi connectivity index (χ3v) is 3.40. The van der Waals surface area contributed by atoms with E-state index in [9.17, 15) is 9.59 Å². The van der Waals surface area contributed by atoms with Crippen molar-refractivity contribution in [2.24, 2.45) is 0 Å². The highest BCUT2D eigenvalue weighted by atomic mass is 79.9. The number of hydrogen-bond donors (Lipinski definition) is 3. The third-order valence-electron chi connectivity index (χ3n) is 2.68. The molecule has 0 aliphatic heterocycles. The van der Waals surface area contributed by atoms with Crippen LogP contribution in [0.4, 0.5) is 0 Å². The van der Waals surface area contributed by atoms with E-state index in [1.165, 1.54) is 6.92 Å². The summed E-state index contributed by atoms with van der Waals surface area (Å²) in [6, 6.07) is 6.76. The second-order valence-corrected chi connectivity index (χ2v) is 5.10. The minimum atomic E-state index is -1.05. The molecule has 0 saturated carbocycles. The number of carbonyl (C=O) groups excluding carboxylic acids is 1. The molecule has 1 aromatic rings. The zero-order valence-corrected chi connectivity index (χ0v) is 12.4. The number of aliphatic carboxylic acids is 1. The minimum Gasteiger partial charge on any atom is -0.480 e. The smallest absolute Gasteiger partial charge is 0.327 e. The van der Waals surface area contributed by atoms with Crippen LogP contribution in [-0.2, 0) is 9.59 Å². The Labute approximate surface area is 120 Å². The van der Waals surface area contributed by atoms with Crippen molar-refractivity contribution in [3.8, 4) is 0 Å². The van der Waals surface area contributed by atoms with Gasteiger partial charge in [0.2, 0.25) is 5.91 Å². The molecule has 1 amide bonds. The lowest BCUT2D eigenvalue weighted by atomic mass is 10.1. The van der Waals surface area contributed by atoms with Crippen LogP contribution in [0.2, 0.25) is 0 Å². The Bertz CT molecular complexity index is 465. The highest BCUT2D eigenvalue weighted by Gasteiger charge is 2.19. The maximum atomic E-state index is 11.0. The number of halogens is 1. The predicted octanol–water partition coefficient (Wildman–Crippen LogP) is 1.69. The molecule has 0 spiro atoms.